The van der Waals surface area contributed by atoms with Gasteiger partial charge in [0.1, 0.15) is 17.0 Å². The maximum absolute atomic E-state index is 5.96. The van der Waals surface area contributed by atoms with Crippen LogP contribution in [-0.2, 0) is 0 Å². The minimum Gasteiger partial charge on any atom is -0.474 e. The van der Waals surface area contributed by atoms with Crippen molar-refractivity contribution < 1.29 is 4.74 Å². The predicted octanol–water partition coefficient (Wildman–Crippen LogP) is 3.83. The normalized spacial score (nSPS) is 27.8. The Balaban J connectivity index is 2.03. The van der Waals surface area contributed by atoms with Gasteiger partial charge in [0, 0.05) is 6.07 Å². The summed E-state index contributed by atoms with van der Waals surface area (Å²) in [5.74, 6) is 1.39. The Morgan fingerprint density at radius 1 is 1.35 bits per heavy atom. The van der Waals surface area contributed by atoms with Crippen molar-refractivity contribution >= 4 is 15.9 Å². The second kappa shape index (κ2) is 4.92. The van der Waals surface area contributed by atoms with Crippen molar-refractivity contribution in [2.45, 2.75) is 46.1 Å². The largest absolute Gasteiger partial charge is 0.474 e. The van der Waals surface area contributed by atoms with Gasteiger partial charge in [-0.2, -0.15) is 0 Å². The molecule has 1 heterocycles. The van der Waals surface area contributed by atoms with Crippen LogP contribution in [0.15, 0.2) is 17.0 Å². The molecule has 2 unspecified atom stereocenters. The summed E-state index contributed by atoms with van der Waals surface area (Å²) in [6.45, 7) is 6.93. The molecule has 0 aliphatic heterocycles. The summed E-state index contributed by atoms with van der Waals surface area (Å²) in [4.78, 5) is 8.15. The number of hydrogen-bond acceptors (Lipinski definition) is 3. The molecule has 1 aromatic heterocycles. The van der Waals surface area contributed by atoms with Crippen LogP contribution in [-0.4, -0.2) is 16.1 Å². The highest BCUT2D eigenvalue weighted by Crippen LogP contribution is 2.39. The second-order valence-electron chi connectivity index (χ2n) is 5.83. The van der Waals surface area contributed by atoms with Crippen molar-refractivity contribution in [1.82, 2.24) is 9.97 Å². The SMILES string of the molecule is CC1CC(Oc2cc(Br)ncn2)CC(C)(C)C1. The van der Waals surface area contributed by atoms with Crippen molar-refractivity contribution in [2.24, 2.45) is 11.3 Å². The van der Waals surface area contributed by atoms with Gasteiger partial charge < -0.3 is 4.74 Å². The lowest BCUT2D eigenvalue weighted by molar-refractivity contribution is 0.0531. The van der Waals surface area contributed by atoms with Gasteiger partial charge in [0.05, 0.1) is 0 Å². The molecular weight excluding hydrogens is 280 g/mol. The lowest BCUT2D eigenvalue weighted by Crippen LogP contribution is -2.34. The molecule has 0 radical (unpaired) electrons. The third-order valence-electron chi connectivity index (χ3n) is 3.24. The Labute approximate surface area is 111 Å². The summed E-state index contributed by atoms with van der Waals surface area (Å²) in [7, 11) is 0. The zero-order valence-corrected chi connectivity index (χ0v) is 12.2. The molecule has 3 nitrogen and oxygen atoms in total. The van der Waals surface area contributed by atoms with Crippen LogP contribution in [0.4, 0.5) is 0 Å². The average molecular weight is 299 g/mol. The van der Waals surface area contributed by atoms with Crippen LogP contribution < -0.4 is 4.74 Å². The van der Waals surface area contributed by atoms with Crippen LogP contribution in [0.5, 0.6) is 5.88 Å². The molecule has 0 spiro atoms. The van der Waals surface area contributed by atoms with E-state index in [1.165, 1.54) is 12.7 Å². The van der Waals surface area contributed by atoms with E-state index < -0.39 is 0 Å². The van der Waals surface area contributed by atoms with Gasteiger partial charge in [-0.25, -0.2) is 9.97 Å². The molecule has 2 rings (SSSR count). The highest BCUT2D eigenvalue weighted by atomic mass is 79.9. The van der Waals surface area contributed by atoms with Crippen LogP contribution in [0.1, 0.15) is 40.0 Å². The Bertz CT molecular complexity index is 395. The van der Waals surface area contributed by atoms with Gasteiger partial charge >= 0.3 is 0 Å². The summed E-state index contributed by atoms with van der Waals surface area (Å²) >= 11 is 3.33. The van der Waals surface area contributed by atoms with Gasteiger partial charge in [0.2, 0.25) is 5.88 Å². The van der Waals surface area contributed by atoms with Gasteiger partial charge in [-0.15, -0.1) is 0 Å². The molecule has 2 atom stereocenters. The van der Waals surface area contributed by atoms with Crippen LogP contribution >= 0.6 is 15.9 Å². The summed E-state index contributed by atoms with van der Waals surface area (Å²) in [5.41, 5.74) is 0.368. The summed E-state index contributed by atoms with van der Waals surface area (Å²) in [6.07, 6.45) is 5.29. The molecule has 0 aromatic carbocycles. The first-order chi connectivity index (χ1) is 7.94. The lowest BCUT2D eigenvalue weighted by Gasteiger charge is -2.38. The first-order valence-electron chi connectivity index (χ1n) is 6.09. The number of rotatable bonds is 2. The smallest absolute Gasteiger partial charge is 0.217 e. The van der Waals surface area contributed by atoms with Crippen molar-refractivity contribution in [1.29, 1.82) is 0 Å². The van der Waals surface area contributed by atoms with Gasteiger partial charge in [0.15, 0.2) is 0 Å². The number of ether oxygens (including phenoxy) is 1. The third-order valence-corrected chi connectivity index (χ3v) is 3.68. The molecule has 1 saturated carbocycles. The molecule has 0 N–H and O–H groups in total. The molecule has 0 amide bonds. The minimum atomic E-state index is 0.274. The van der Waals surface area contributed by atoms with E-state index in [0.717, 1.165) is 17.4 Å². The van der Waals surface area contributed by atoms with E-state index in [9.17, 15) is 0 Å². The first kappa shape index (κ1) is 12.8. The first-order valence-corrected chi connectivity index (χ1v) is 6.88. The molecule has 1 aliphatic carbocycles. The van der Waals surface area contributed by atoms with Gasteiger partial charge in [-0.1, -0.05) is 20.8 Å². The zero-order chi connectivity index (χ0) is 12.5. The molecule has 1 aromatic rings. The van der Waals surface area contributed by atoms with Crippen molar-refractivity contribution in [2.75, 3.05) is 0 Å². The van der Waals surface area contributed by atoms with Crippen molar-refractivity contribution in [3.8, 4) is 5.88 Å². The Morgan fingerprint density at radius 3 is 2.76 bits per heavy atom. The fourth-order valence-electron chi connectivity index (χ4n) is 2.90. The van der Waals surface area contributed by atoms with Gasteiger partial charge in [-0.3, -0.25) is 0 Å². The monoisotopic (exact) mass is 298 g/mol. The van der Waals surface area contributed by atoms with Gasteiger partial charge in [0.25, 0.3) is 0 Å². The third kappa shape index (κ3) is 3.66. The fraction of sp³-hybridized carbons (Fsp3) is 0.692. The van der Waals surface area contributed by atoms with E-state index in [1.54, 1.807) is 0 Å². The van der Waals surface area contributed by atoms with E-state index in [4.69, 9.17) is 4.74 Å². The van der Waals surface area contributed by atoms with Crippen molar-refractivity contribution in [3.05, 3.63) is 17.0 Å². The maximum Gasteiger partial charge on any atom is 0.217 e. The molecule has 94 valence electrons. The number of aromatic nitrogens is 2. The van der Waals surface area contributed by atoms with Crippen LogP contribution in [0.3, 0.4) is 0 Å². The Morgan fingerprint density at radius 2 is 2.12 bits per heavy atom. The molecular formula is C13H19BrN2O. The molecule has 1 fully saturated rings. The predicted molar refractivity (Wildman–Crippen MR) is 70.9 cm³/mol. The van der Waals surface area contributed by atoms with E-state index in [1.807, 2.05) is 6.07 Å². The Hall–Kier alpha value is -0.640. The molecule has 17 heavy (non-hydrogen) atoms. The van der Waals surface area contributed by atoms with E-state index >= 15 is 0 Å². The molecule has 1 aliphatic rings. The van der Waals surface area contributed by atoms with Gasteiger partial charge in [-0.05, 0) is 46.5 Å². The minimum absolute atomic E-state index is 0.274. The fourth-order valence-corrected chi connectivity index (χ4v) is 3.19. The highest BCUT2D eigenvalue weighted by molar-refractivity contribution is 9.10. The molecule has 0 bridgehead atoms. The maximum atomic E-state index is 5.96. The Kier molecular flexibility index (Phi) is 3.71. The summed E-state index contributed by atoms with van der Waals surface area (Å²) in [5, 5.41) is 0. The zero-order valence-electron chi connectivity index (χ0n) is 10.6. The lowest BCUT2D eigenvalue weighted by atomic mass is 9.71. The standard InChI is InChI=1S/C13H19BrN2O/c1-9-4-10(7-13(2,3)6-9)17-12-5-11(14)15-8-16-12/h5,8-10H,4,6-7H2,1-3H3. The van der Waals surface area contributed by atoms with Crippen molar-refractivity contribution in [3.63, 3.8) is 0 Å². The number of hydrogen-bond donors (Lipinski definition) is 0. The number of halogens is 1. The molecule has 0 saturated heterocycles. The quantitative estimate of drug-likeness (QED) is 0.778. The van der Waals surface area contributed by atoms with E-state index in [0.29, 0.717) is 17.2 Å². The van der Waals surface area contributed by atoms with Crippen LogP contribution in [0.25, 0.3) is 0 Å². The topological polar surface area (TPSA) is 35.0 Å². The summed E-state index contributed by atoms with van der Waals surface area (Å²) < 4.78 is 6.73. The summed E-state index contributed by atoms with van der Waals surface area (Å²) in [6, 6.07) is 1.83. The average Bonchev–Trinajstić information content (AvgIpc) is 2.13. The van der Waals surface area contributed by atoms with E-state index in [2.05, 4.69) is 46.7 Å². The molecule has 4 heteroatoms. The van der Waals surface area contributed by atoms with Crippen LogP contribution in [0, 0.1) is 11.3 Å². The second-order valence-corrected chi connectivity index (χ2v) is 6.64. The highest BCUT2D eigenvalue weighted by Gasteiger charge is 2.33. The van der Waals surface area contributed by atoms with Crippen LogP contribution in [0.2, 0.25) is 0 Å². The number of nitrogens with zero attached hydrogens (tertiary/aromatic N) is 2. The van der Waals surface area contributed by atoms with E-state index in [-0.39, 0.29) is 6.10 Å².